The highest BCUT2D eigenvalue weighted by molar-refractivity contribution is 5.59. The summed E-state index contributed by atoms with van der Waals surface area (Å²) < 4.78 is 5.73. The Balaban J connectivity index is 1.41. The fourth-order valence-electron chi connectivity index (χ4n) is 2.88. The van der Waals surface area contributed by atoms with Crippen molar-refractivity contribution < 1.29 is 4.74 Å². The Morgan fingerprint density at radius 2 is 1.38 bits per heavy atom. The van der Waals surface area contributed by atoms with Gasteiger partial charge in [0.1, 0.15) is 18.2 Å². The number of nitrogens with zero attached hydrogens (tertiary/aromatic N) is 1. The van der Waals surface area contributed by atoms with E-state index in [1.54, 1.807) is 0 Å². The Morgan fingerprint density at radius 1 is 0.731 bits per heavy atom. The van der Waals surface area contributed by atoms with Crippen LogP contribution in [-0.2, 0) is 13.0 Å². The van der Waals surface area contributed by atoms with E-state index in [-0.39, 0.29) is 0 Å². The number of nitrogens with one attached hydrogen (secondary N) is 1. The van der Waals surface area contributed by atoms with Crippen LogP contribution in [0.25, 0.3) is 11.3 Å². The van der Waals surface area contributed by atoms with E-state index >= 15 is 0 Å². The number of benzene rings is 3. The van der Waals surface area contributed by atoms with Crippen molar-refractivity contribution in [1.29, 1.82) is 0 Å². The molecule has 3 heteroatoms. The van der Waals surface area contributed by atoms with Gasteiger partial charge < -0.3 is 9.72 Å². The van der Waals surface area contributed by atoms with E-state index in [2.05, 4.69) is 58.5 Å². The molecule has 0 spiro atoms. The molecule has 26 heavy (non-hydrogen) atoms. The Morgan fingerprint density at radius 3 is 2.12 bits per heavy atom. The van der Waals surface area contributed by atoms with Crippen molar-refractivity contribution in [3.05, 3.63) is 108 Å². The lowest BCUT2D eigenvalue weighted by Crippen LogP contribution is -1.97. The molecule has 0 radical (unpaired) electrons. The predicted molar refractivity (Wildman–Crippen MR) is 104 cm³/mol. The lowest BCUT2D eigenvalue weighted by atomic mass is 10.0. The number of H-pyrrole nitrogens is 1. The van der Waals surface area contributed by atoms with E-state index in [9.17, 15) is 0 Å². The largest absolute Gasteiger partial charge is 0.486 e. The lowest BCUT2D eigenvalue weighted by Gasteiger charge is -2.04. The summed E-state index contributed by atoms with van der Waals surface area (Å²) in [4.78, 5) is 7.82. The van der Waals surface area contributed by atoms with E-state index < -0.39 is 0 Å². The highest BCUT2D eigenvalue weighted by atomic mass is 16.5. The molecule has 0 amide bonds. The third kappa shape index (κ3) is 4.01. The Labute approximate surface area is 153 Å². The molecule has 1 N–H and O–H groups in total. The molecule has 0 aliphatic carbocycles. The average molecular weight is 340 g/mol. The summed E-state index contributed by atoms with van der Waals surface area (Å²) in [7, 11) is 0. The lowest BCUT2D eigenvalue weighted by molar-refractivity contribution is 0.297. The number of aromatic nitrogens is 2. The van der Waals surface area contributed by atoms with Crippen LogP contribution >= 0.6 is 0 Å². The minimum absolute atomic E-state index is 0.427. The summed E-state index contributed by atoms with van der Waals surface area (Å²) in [5.74, 6) is 1.66. The number of aromatic amines is 1. The molecule has 0 saturated carbocycles. The van der Waals surface area contributed by atoms with Gasteiger partial charge >= 0.3 is 0 Å². The maximum atomic E-state index is 5.73. The van der Waals surface area contributed by atoms with E-state index in [1.807, 2.05) is 42.6 Å². The molecule has 0 saturated heterocycles. The maximum Gasteiger partial charge on any atom is 0.146 e. The Kier molecular flexibility index (Phi) is 4.79. The molecule has 128 valence electrons. The molecule has 4 aromatic rings. The standard InChI is InChI=1S/C23H20N2O/c1-3-7-18(8-4-1)15-19-11-13-20(14-12-19)22-16-24-23(25-22)17-26-21-9-5-2-6-10-21/h1-14,16H,15,17H2,(H,24,25). The van der Waals surface area contributed by atoms with Gasteiger partial charge in [-0.25, -0.2) is 4.98 Å². The molecule has 4 rings (SSSR count). The van der Waals surface area contributed by atoms with Crippen LogP contribution in [0.2, 0.25) is 0 Å². The van der Waals surface area contributed by atoms with E-state index in [0.717, 1.165) is 29.3 Å². The Hall–Kier alpha value is -3.33. The Bertz CT molecular complexity index is 944. The minimum atomic E-state index is 0.427. The van der Waals surface area contributed by atoms with Gasteiger partial charge in [-0.1, -0.05) is 72.8 Å². The number of rotatable bonds is 6. The van der Waals surface area contributed by atoms with Crippen LogP contribution in [0.5, 0.6) is 5.75 Å². The van der Waals surface area contributed by atoms with E-state index in [0.29, 0.717) is 6.61 Å². The topological polar surface area (TPSA) is 37.9 Å². The van der Waals surface area contributed by atoms with Crippen molar-refractivity contribution in [2.75, 3.05) is 0 Å². The van der Waals surface area contributed by atoms with Gasteiger partial charge in [0.05, 0.1) is 5.69 Å². The van der Waals surface area contributed by atoms with Crippen LogP contribution in [0.15, 0.2) is 91.1 Å². The quantitative estimate of drug-likeness (QED) is 0.521. The monoisotopic (exact) mass is 340 g/mol. The summed E-state index contributed by atoms with van der Waals surface area (Å²) in [6.45, 7) is 0.427. The van der Waals surface area contributed by atoms with Crippen molar-refractivity contribution >= 4 is 0 Å². The van der Waals surface area contributed by atoms with Crippen LogP contribution < -0.4 is 4.74 Å². The molecule has 0 aliphatic rings. The van der Waals surface area contributed by atoms with Crippen molar-refractivity contribution in [2.24, 2.45) is 0 Å². The van der Waals surface area contributed by atoms with Crippen molar-refractivity contribution in [3.8, 4) is 17.0 Å². The second-order valence-corrected chi connectivity index (χ2v) is 6.19. The fraction of sp³-hybridized carbons (Fsp3) is 0.0870. The van der Waals surface area contributed by atoms with Crippen LogP contribution in [0.3, 0.4) is 0 Å². The number of para-hydroxylation sites is 1. The van der Waals surface area contributed by atoms with Gasteiger partial charge in [-0.2, -0.15) is 0 Å². The van der Waals surface area contributed by atoms with Crippen LogP contribution in [0.1, 0.15) is 17.0 Å². The predicted octanol–water partition coefficient (Wildman–Crippen LogP) is 5.25. The minimum Gasteiger partial charge on any atom is -0.486 e. The molecule has 0 bridgehead atoms. The van der Waals surface area contributed by atoms with E-state index in [1.165, 1.54) is 11.1 Å². The molecule has 0 unspecified atom stereocenters. The first-order valence-electron chi connectivity index (χ1n) is 8.72. The van der Waals surface area contributed by atoms with Crippen LogP contribution in [0.4, 0.5) is 0 Å². The van der Waals surface area contributed by atoms with E-state index in [4.69, 9.17) is 4.74 Å². The normalized spacial score (nSPS) is 10.6. The molecular formula is C23H20N2O. The maximum absolute atomic E-state index is 5.73. The molecule has 3 nitrogen and oxygen atoms in total. The first-order chi connectivity index (χ1) is 12.9. The molecule has 0 fully saturated rings. The zero-order valence-electron chi connectivity index (χ0n) is 14.4. The highest BCUT2D eigenvalue weighted by Crippen LogP contribution is 2.20. The van der Waals surface area contributed by atoms with Crippen molar-refractivity contribution in [1.82, 2.24) is 9.97 Å². The smallest absolute Gasteiger partial charge is 0.146 e. The molecule has 1 aromatic heterocycles. The van der Waals surface area contributed by atoms with Crippen LogP contribution in [0, 0.1) is 0 Å². The van der Waals surface area contributed by atoms with Gasteiger partial charge in [-0.3, -0.25) is 0 Å². The SMILES string of the molecule is c1ccc(Cc2ccc(-c3c[nH]c(COc4ccccc4)n3)cc2)cc1. The third-order valence-corrected chi connectivity index (χ3v) is 4.25. The van der Waals surface area contributed by atoms with Crippen molar-refractivity contribution in [3.63, 3.8) is 0 Å². The summed E-state index contributed by atoms with van der Waals surface area (Å²) in [6.07, 6.45) is 2.87. The van der Waals surface area contributed by atoms with Gasteiger partial charge in [0.2, 0.25) is 0 Å². The second kappa shape index (κ2) is 7.70. The molecule has 0 aliphatic heterocycles. The molecular weight excluding hydrogens is 320 g/mol. The van der Waals surface area contributed by atoms with Gasteiger partial charge in [-0.15, -0.1) is 0 Å². The first-order valence-corrected chi connectivity index (χ1v) is 8.72. The van der Waals surface area contributed by atoms with Crippen LogP contribution in [-0.4, -0.2) is 9.97 Å². The first kappa shape index (κ1) is 16.2. The zero-order valence-corrected chi connectivity index (χ0v) is 14.4. The number of hydrogen-bond acceptors (Lipinski definition) is 2. The summed E-state index contributed by atoms with van der Waals surface area (Å²) in [5, 5.41) is 0. The van der Waals surface area contributed by atoms with Gasteiger partial charge in [0.25, 0.3) is 0 Å². The number of hydrogen-bond donors (Lipinski definition) is 1. The number of ether oxygens (including phenoxy) is 1. The fourth-order valence-corrected chi connectivity index (χ4v) is 2.88. The highest BCUT2D eigenvalue weighted by Gasteiger charge is 2.05. The summed E-state index contributed by atoms with van der Waals surface area (Å²) >= 11 is 0. The molecule has 1 heterocycles. The third-order valence-electron chi connectivity index (χ3n) is 4.25. The summed E-state index contributed by atoms with van der Waals surface area (Å²) in [5.41, 5.74) is 4.65. The number of imidazole rings is 1. The molecule has 3 aromatic carbocycles. The van der Waals surface area contributed by atoms with Gasteiger partial charge in [0.15, 0.2) is 0 Å². The average Bonchev–Trinajstić information content (AvgIpc) is 3.18. The zero-order chi connectivity index (χ0) is 17.6. The summed E-state index contributed by atoms with van der Waals surface area (Å²) in [6, 6.07) is 28.8. The van der Waals surface area contributed by atoms with Gasteiger partial charge in [-0.05, 0) is 29.7 Å². The van der Waals surface area contributed by atoms with Gasteiger partial charge in [0, 0.05) is 11.8 Å². The van der Waals surface area contributed by atoms with Crippen molar-refractivity contribution in [2.45, 2.75) is 13.0 Å². The molecule has 0 atom stereocenters. The second-order valence-electron chi connectivity index (χ2n) is 6.19.